The van der Waals surface area contributed by atoms with Crippen LogP contribution >= 0.6 is 0 Å². The fourth-order valence-electron chi connectivity index (χ4n) is 15.8. The molecule has 0 radical (unpaired) electrons. The van der Waals surface area contributed by atoms with Crippen LogP contribution in [0.1, 0.15) is 76.3 Å². The number of benzene rings is 11. The first-order valence-corrected chi connectivity index (χ1v) is 28.6. The van der Waals surface area contributed by atoms with E-state index in [9.17, 15) is 0 Å². The van der Waals surface area contributed by atoms with E-state index in [2.05, 4.69) is 280 Å². The second-order valence-corrected chi connectivity index (χ2v) is 23.7. The molecule has 2 aliphatic heterocycles. The molecule has 0 amide bonds. The van der Waals surface area contributed by atoms with Crippen molar-refractivity contribution in [3.05, 3.63) is 254 Å². The van der Waals surface area contributed by atoms with Crippen molar-refractivity contribution in [3.8, 4) is 66.8 Å². The molecule has 11 aromatic carbocycles. The predicted molar refractivity (Wildman–Crippen MR) is 330 cm³/mol. The zero-order valence-corrected chi connectivity index (χ0v) is 45.1. The molecule has 6 unspecified atom stereocenters. The van der Waals surface area contributed by atoms with Crippen LogP contribution in [0.5, 0.6) is 0 Å². The van der Waals surface area contributed by atoms with Crippen LogP contribution in [0.25, 0.3) is 88.3 Å². The topological polar surface area (TPSA) is 6.48 Å². The molecule has 2 saturated carbocycles. The van der Waals surface area contributed by atoms with Crippen molar-refractivity contribution in [2.24, 2.45) is 11.8 Å². The van der Waals surface area contributed by atoms with E-state index in [1.165, 1.54) is 148 Å². The molecular weight excluding hydrogens is 941 g/mol. The number of anilines is 4. The smallest absolute Gasteiger partial charge is 0.0495 e. The highest BCUT2D eigenvalue weighted by atomic mass is 15.3. The molecule has 378 valence electrons. The molecule has 0 aromatic heterocycles. The van der Waals surface area contributed by atoms with Crippen molar-refractivity contribution < 1.29 is 0 Å². The average molecular weight is 1010 g/mol. The maximum atomic E-state index is 2.67. The van der Waals surface area contributed by atoms with Gasteiger partial charge in [-0.3, -0.25) is 0 Å². The molecule has 0 saturated heterocycles. The van der Waals surface area contributed by atoms with Crippen molar-refractivity contribution in [2.45, 2.75) is 76.3 Å². The number of hydrogen-bond acceptors (Lipinski definition) is 2. The summed E-state index contributed by atoms with van der Waals surface area (Å²) in [5.74, 6) is 2.10. The number of fused-ring (bicyclic) bond motifs is 8. The summed E-state index contributed by atoms with van der Waals surface area (Å²) < 4.78 is 0. The summed E-state index contributed by atoms with van der Waals surface area (Å²) in [6.45, 7) is 9.98. The zero-order chi connectivity index (χ0) is 52.3. The molecule has 0 bridgehead atoms. The van der Waals surface area contributed by atoms with Crippen LogP contribution in [0, 0.1) is 11.8 Å². The third kappa shape index (κ3) is 7.22. The summed E-state index contributed by atoms with van der Waals surface area (Å²) in [5, 5.41) is 5.05. The highest BCUT2D eigenvalue weighted by Crippen LogP contribution is 2.63. The Kier molecular flexibility index (Phi) is 10.8. The molecule has 2 heteroatoms. The summed E-state index contributed by atoms with van der Waals surface area (Å²) in [5.41, 5.74) is 23.2. The Hall–Kier alpha value is -8.46. The third-order valence-electron chi connectivity index (χ3n) is 19.3. The van der Waals surface area contributed by atoms with Crippen molar-refractivity contribution in [2.75, 3.05) is 9.80 Å². The predicted octanol–water partition coefficient (Wildman–Crippen LogP) is 20.8. The van der Waals surface area contributed by atoms with Crippen LogP contribution in [-0.4, -0.2) is 11.1 Å². The Balaban J connectivity index is 0.949. The van der Waals surface area contributed by atoms with Gasteiger partial charge in [0.25, 0.3) is 0 Å². The lowest BCUT2D eigenvalue weighted by atomic mass is 9.81. The molecule has 11 aromatic rings. The van der Waals surface area contributed by atoms with Crippen LogP contribution in [0.3, 0.4) is 0 Å². The van der Waals surface area contributed by atoms with E-state index in [0.29, 0.717) is 23.7 Å². The third-order valence-corrected chi connectivity index (χ3v) is 19.3. The van der Waals surface area contributed by atoms with Gasteiger partial charge in [0.1, 0.15) is 0 Å². The number of para-hydroxylation sites is 2. The second-order valence-electron chi connectivity index (χ2n) is 23.7. The van der Waals surface area contributed by atoms with Crippen LogP contribution in [-0.2, 0) is 0 Å². The van der Waals surface area contributed by atoms with Gasteiger partial charge in [-0.15, -0.1) is 0 Å². The van der Waals surface area contributed by atoms with E-state index in [4.69, 9.17) is 0 Å². The average Bonchev–Trinajstić information content (AvgIpc) is 4.18. The van der Waals surface area contributed by atoms with Gasteiger partial charge in [-0.25, -0.2) is 0 Å². The Morgan fingerprint density at radius 2 is 0.615 bits per heavy atom. The van der Waals surface area contributed by atoms with Gasteiger partial charge < -0.3 is 9.80 Å². The van der Waals surface area contributed by atoms with Crippen molar-refractivity contribution in [1.82, 2.24) is 0 Å². The van der Waals surface area contributed by atoms with E-state index in [1.54, 1.807) is 0 Å². The van der Waals surface area contributed by atoms with Gasteiger partial charge in [-0.2, -0.15) is 0 Å². The molecule has 6 atom stereocenters. The zero-order valence-electron chi connectivity index (χ0n) is 45.1. The molecule has 0 spiro atoms. The highest BCUT2D eigenvalue weighted by molar-refractivity contribution is 6.22. The number of nitrogens with zero attached hydrogens (tertiary/aromatic N) is 2. The summed E-state index contributed by atoms with van der Waals surface area (Å²) in [6.07, 6.45) is 4.84. The normalized spacial score (nSPS) is 21.9. The molecule has 2 heterocycles. The summed E-state index contributed by atoms with van der Waals surface area (Å²) in [4.78, 5) is 5.34. The second kappa shape index (κ2) is 18.1. The molecule has 4 aliphatic rings. The van der Waals surface area contributed by atoms with Crippen molar-refractivity contribution in [3.63, 3.8) is 0 Å². The highest BCUT2D eigenvalue weighted by Gasteiger charge is 2.55. The van der Waals surface area contributed by atoms with E-state index < -0.39 is 0 Å². The van der Waals surface area contributed by atoms with E-state index in [-0.39, 0.29) is 11.1 Å². The van der Waals surface area contributed by atoms with Crippen LogP contribution in [0.2, 0.25) is 0 Å². The SMILES string of the molecule is CC1CCC2(C)C1c1cc(-c3ccc4c(-c5ccc(-c6ccccc6)cc5)c5cc(-c6ccc7c(c6)C6C(C)CCC6(C)N7c6ccccc6)ccc5c(-c5ccc(-c6ccccc6)cc5)c4c3)ccc1N2c1ccccc1. The molecule has 78 heavy (non-hydrogen) atoms. The fourth-order valence-corrected chi connectivity index (χ4v) is 15.8. The van der Waals surface area contributed by atoms with Crippen LogP contribution < -0.4 is 9.80 Å². The summed E-state index contributed by atoms with van der Waals surface area (Å²) in [6, 6.07) is 92.0. The Morgan fingerprint density at radius 1 is 0.308 bits per heavy atom. The monoisotopic (exact) mass is 1000 g/mol. The Labute approximate surface area is 460 Å². The minimum absolute atomic E-state index is 0.0325. The lowest BCUT2D eigenvalue weighted by Crippen LogP contribution is -2.40. The first-order chi connectivity index (χ1) is 38.2. The molecule has 2 nitrogen and oxygen atoms in total. The number of hydrogen-bond donors (Lipinski definition) is 0. The summed E-state index contributed by atoms with van der Waals surface area (Å²) in [7, 11) is 0. The van der Waals surface area contributed by atoms with E-state index in [1.807, 2.05) is 0 Å². The minimum atomic E-state index is 0.0325. The minimum Gasteiger partial charge on any atom is -0.335 e. The fraction of sp³-hybridized carbons (Fsp3) is 0.184. The van der Waals surface area contributed by atoms with Crippen LogP contribution in [0.15, 0.2) is 243 Å². The first-order valence-electron chi connectivity index (χ1n) is 28.6. The quantitative estimate of drug-likeness (QED) is 0.140. The number of rotatable bonds is 8. The maximum absolute atomic E-state index is 2.67. The van der Waals surface area contributed by atoms with Gasteiger partial charge in [0, 0.05) is 45.7 Å². The van der Waals surface area contributed by atoms with E-state index in [0.717, 1.165) is 0 Å². The Bertz CT molecular complexity index is 3820. The molecular formula is C76H64N2. The molecule has 15 rings (SSSR count). The Morgan fingerprint density at radius 3 is 1.00 bits per heavy atom. The van der Waals surface area contributed by atoms with Gasteiger partial charge in [0.2, 0.25) is 0 Å². The van der Waals surface area contributed by atoms with Crippen molar-refractivity contribution in [1.29, 1.82) is 0 Å². The van der Waals surface area contributed by atoms with Gasteiger partial charge in [0.05, 0.1) is 0 Å². The maximum Gasteiger partial charge on any atom is 0.0495 e. The van der Waals surface area contributed by atoms with Gasteiger partial charge in [-0.1, -0.05) is 196 Å². The van der Waals surface area contributed by atoms with Gasteiger partial charge in [0.15, 0.2) is 0 Å². The summed E-state index contributed by atoms with van der Waals surface area (Å²) >= 11 is 0. The van der Waals surface area contributed by atoms with Crippen molar-refractivity contribution >= 4 is 44.3 Å². The van der Waals surface area contributed by atoms with Gasteiger partial charge in [-0.05, 0) is 211 Å². The largest absolute Gasteiger partial charge is 0.335 e. The standard InChI is InChI=1S/C76H64N2/c1-49-41-43-75(3)73(49)67-47-59(35-39-69(67)77(75)61-21-13-7-14-22-61)57-33-37-63-65(45-57)71(55-29-25-53(26-30-55)51-17-9-5-10-18-51)64-38-34-58(46-66(64)72(63)56-31-27-54(28-32-56)52-19-11-6-12-20-52)60-36-40-70-68(48-60)74-50(2)42-44-76(74,4)78(70)62-23-15-8-16-24-62/h5-40,45-50,73-74H,41-44H2,1-4H3. The van der Waals surface area contributed by atoms with Crippen LogP contribution in [0.4, 0.5) is 22.7 Å². The lowest BCUT2D eigenvalue weighted by Gasteiger charge is -2.38. The molecule has 0 N–H and O–H groups in total. The lowest BCUT2D eigenvalue weighted by molar-refractivity contribution is 0.414. The van der Waals surface area contributed by atoms with Gasteiger partial charge >= 0.3 is 0 Å². The first kappa shape index (κ1) is 46.8. The van der Waals surface area contributed by atoms with E-state index >= 15 is 0 Å². The molecule has 2 aliphatic carbocycles. The molecule has 2 fully saturated rings.